The van der Waals surface area contributed by atoms with Crippen LogP contribution in [0.15, 0.2) is 24.3 Å². The summed E-state index contributed by atoms with van der Waals surface area (Å²) < 4.78 is 0. The number of hydrogen-bond acceptors (Lipinski definition) is 3. The molecule has 1 aromatic carbocycles. The Bertz CT molecular complexity index is 546. The van der Waals surface area contributed by atoms with Crippen LogP contribution in [0.5, 0.6) is 0 Å². The van der Waals surface area contributed by atoms with Crippen LogP contribution in [0.25, 0.3) is 0 Å². The van der Waals surface area contributed by atoms with Crippen LogP contribution in [0, 0.1) is 5.92 Å². The molecule has 2 amide bonds. The van der Waals surface area contributed by atoms with Crippen molar-refractivity contribution in [1.29, 1.82) is 0 Å². The molecule has 120 valence electrons. The summed E-state index contributed by atoms with van der Waals surface area (Å²) in [5.41, 5.74) is 2.17. The molecule has 1 aliphatic heterocycles. The van der Waals surface area contributed by atoms with Crippen molar-refractivity contribution in [2.45, 2.75) is 19.3 Å². The molecule has 0 aromatic heterocycles. The second-order valence-electron chi connectivity index (χ2n) is 5.78. The maximum atomic E-state index is 12.2. The van der Waals surface area contributed by atoms with Crippen molar-refractivity contribution in [1.82, 2.24) is 10.6 Å². The molecule has 2 aliphatic rings. The molecule has 0 radical (unpaired) electrons. The van der Waals surface area contributed by atoms with Gasteiger partial charge in [0.25, 0.3) is 0 Å². The minimum absolute atomic E-state index is 0. The van der Waals surface area contributed by atoms with Crippen molar-refractivity contribution in [3.05, 3.63) is 29.8 Å². The van der Waals surface area contributed by atoms with E-state index in [4.69, 9.17) is 0 Å². The van der Waals surface area contributed by atoms with Gasteiger partial charge in [-0.3, -0.25) is 9.59 Å². The molecular weight excluding hydrogens is 302 g/mol. The molecule has 2 N–H and O–H groups in total. The highest BCUT2D eigenvalue weighted by Crippen LogP contribution is 2.27. The molecule has 6 heteroatoms. The SMILES string of the molecule is Cl.O=C(CNCC1CC1)NCC(=O)N1CCc2ccccc21. The van der Waals surface area contributed by atoms with E-state index in [1.165, 1.54) is 18.4 Å². The highest BCUT2D eigenvalue weighted by atomic mass is 35.5. The molecule has 0 unspecified atom stereocenters. The summed E-state index contributed by atoms with van der Waals surface area (Å²) in [5.74, 6) is 0.590. The van der Waals surface area contributed by atoms with E-state index in [9.17, 15) is 9.59 Å². The van der Waals surface area contributed by atoms with Crippen molar-refractivity contribution in [3.63, 3.8) is 0 Å². The fraction of sp³-hybridized carbons (Fsp3) is 0.500. The lowest BCUT2D eigenvalue weighted by Gasteiger charge is -2.17. The number of para-hydroxylation sites is 1. The first-order valence-corrected chi connectivity index (χ1v) is 7.60. The zero-order valence-corrected chi connectivity index (χ0v) is 13.3. The Morgan fingerprint density at radius 1 is 1.18 bits per heavy atom. The number of amides is 2. The molecule has 22 heavy (non-hydrogen) atoms. The second kappa shape index (κ2) is 7.61. The van der Waals surface area contributed by atoms with Crippen LogP contribution in [0.3, 0.4) is 0 Å². The van der Waals surface area contributed by atoms with Crippen LogP contribution in [0.4, 0.5) is 5.69 Å². The number of carbonyl (C=O) groups excluding carboxylic acids is 2. The summed E-state index contributed by atoms with van der Waals surface area (Å²) in [6, 6.07) is 7.92. The van der Waals surface area contributed by atoms with E-state index >= 15 is 0 Å². The Morgan fingerprint density at radius 3 is 2.73 bits per heavy atom. The van der Waals surface area contributed by atoms with Crippen LogP contribution < -0.4 is 15.5 Å². The molecule has 1 heterocycles. The highest BCUT2D eigenvalue weighted by Gasteiger charge is 2.24. The quantitative estimate of drug-likeness (QED) is 0.824. The van der Waals surface area contributed by atoms with Gasteiger partial charge in [-0.2, -0.15) is 0 Å². The van der Waals surface area contributed by atoms with E-state index in [0.717, 1.165) is 24.6 Å². The summed E-state index contributed by atoms with van der Waals surface area (Å²) in [5, 5.41) is 5.81. The number of halogens is 1. The number of nitrogens with one attached hydrogen (secondary N) is 2. The molecule has 0 atom stereocenters. The van der Waals surface area contributed by atoms with Gasteiger partial charge in [-0.05, 0) is 43.4 Å². The largest absolute Gasteiger partial charge is 0.346 e. The lowest BCUT2D eigenvalue weighted by Crippen LogP contribution is -2.42. The van der Waals surface area contributed by atoms with Crippen LogP contribution in [-0.2, 0) is 16.0 Å². The normalized spacial score (nSPS) is 15.9. The summed E-state index contributed by atoms with van der Waals surface area (Å²) in [7, 11) is 0. The Hall–Kier alpha value is -1.59. The van der Waals surface area contributed by atoms with E-state index in [-0.39, 0.29) is 30.8 Å². The first-order chi connectivity index (χ1) is 10.2. The molecule has 1 fully saturated rings. The van der Waals surface area contributed by atoms with Crippen molar-refractivity contribution < 1.29 is 9.59 Å². The monoisotopic (exact) mass is 323 g/mol. The minimum Gasteiger partial charge on any atom is -0.346 e. The van der Waals surface area contributed by atoms with Crippen LogP contribution >= 0.6 is 12.4 Å². The summed E-state index contributed by atoms with van der Waals surface area (Å²) in [6.07, 6.45) is 3.42. The number of fused-ring (bicyclic) bond motifs is 1. The smallest absolute Gasteiger partial charge is 0.246 e. The summed E-state index contributed by atoms with van der Waals surface area (Å²) in [4.78, 5) is 25.6. The van der Waals surface area contributed by atoms with Gasteiger partial charge in [-0.25, -0.2) is 0 Å². The Balaban J connectivity index is 0.00000176. The Morgan fingerprint density at radius 2 is 1.95 bits per heavy atom. The zero-order valence-electron chi connectivity index (χ0n) is 12.5. The topological polar surface area (TPSA) is 61.4 Å². The molecule has 1 saturated carbocycles. The molecule has 1 aliphatic carbocycles. The van der Waals surface area contributed by atoms with Crippen molar-refractivity contribution in [2.75, 3.05) is 31.1 Å². The number of nitrogens with zero attached hydrogens (tertiary/aromatic N) is 1. The summed E-state index contributed by atoms with van der Waals surface area (Å²) >= 11 is 0. The van der Waals surface area contributed by atoms with Gasteiger partial charge < -0.3 is 15.5 Å². The Kier molecular flexibility index (Phi) is 5.80. The van der Waals surface area contributed by atoms with Gasteiger partial charge in [0, 0.05) is 12.2 Å². The lowest BCUT2D eigenvalue weighted by atomic mass is 10.2. The predicted molar refractivity (Wildman–Crippen MR) is 88.4 cm³/mol. The van der Waals surface area contributed by atoms with E-state index in [1.807, 2.05) is 24.3 Å². The van der Waals surface area contributed by atoms with Crippen LogP contribution in [-0.4, -0.2) is 38.0 Å². The standard InChI is InChI=1S/C16H21N3O2.ClH/c20-15(10-17-9-12-5-6-12)18-11-16(21)19-8-7-13-3-1-2-4-14(13)19;/h1-4,12,17H,5-11H2,(H,18,20);1H. The fourth-order valence-electron chi connectivity index (χ4n) is 2.64. The van der Waals surface area contributed by atoms with Gasteiger partial charge in [0.1, 0.15) is 0 Å². The molecule has 1 aromatic rings. The van der Waals surface area contributed by atoms with Crippen molar-refractivity contribution in [3.8, 4) is 0 Å². The Labute approximate surface area is 136 Å². The van der Waals surface area contributed by atoms with E-state index in [0.29, 0.717) is 13.1 Å². The van der Waals surface area contributed by atoms with Crippen molar-refractivity contribution in [2.24, 2.45) is 5.92 Å². The molecule has 0 bridgehead atoms. The van der Waals surface area contributed by atoms with Gasteiger partial charge in [-0.1, -0.05) is 18.2 Å². The van der Waals surface area contributed by atoms with Gasteiger partial charge >= 0.3 is 0 Å². The molecule has 5 nitrogen and oxygen atoms in total. The minimum atomic E-state index is -0.114. The number of benzene rings is 1. The third kappa shape index (κ3) is 4.21. The molecule has 0 saturated heterocycles. The second-order valence-corrected chi connectivity index (χ2v) is 5.78. The number of carbonyl (C=O) groups is 2. The van der Waals surface area contributed by atoms with Gasteiger partial charge in [-0.15, -0.1) is 12.4 Å². The molecular formula is C16H22ClN3O2. The number of hydrogen-bond donors (Lipinski definition) is 2. The average Bonchev–Trinajstić information content (AvgIpc) is 3.21. The first-order valence-electron chi connectivity index (χ1n) is 7.60. The maximum Gasteiger partial charge on any atom is 0.246 e. The van der Waals surface area contributed by atoms with Gasteiger partial charge in [0.2, 0.25) is 11.8 Å². The van der Waals surface area contributed by atoms with E-state index < -0.39 is 0 Å². The van der Waals surface area contributed by atoms with Crippen molar-refractivity contribution >= 4 is 29.9 Å². The third-order valence-corrected chi connectivity index (χ3v) is 4.04. The maximum absolute atomic E-state index is 12.2. The summed E-state index contributed by atoms with van der Waals surface area (Å²) in [6.45, 7) is 1.97. The van der Waals surface area contributed by atoms with E-state index in [2.05, 4.69) is 10.6 Å². The highest BCUT2D eigenvalue weighted by molar-refractivity contribution is 5.98. The predicted octanol–water partition coefficient (Wildman–Crippen LogP) is 1.11. The lowest BCUT2D eigenvalue weighted by molar-refractivity contribution is -0.124. The first kappa shape index (κ1) is 16.8. The van der Waals surface area contributed by atoms with Gasteiger partial charge in [0.15, 0.2) is 0 Å². The number of anilines is 1. The molecule has 0 spiro atoms. The zero-order chi connectivity index (χ0) is 14.7. The third-order valence-electron chi connectivity index (χ3n) is 4.04. The van der Waals surface area contributed by atoms with Gasteiger partial charge in [0.05, 0.1) is 13.1 Å². The van der Waals surface area contributed by atoms with E-state index in [1.54, 1.807) is 4.90 Å². The fourth-order valence-corrected chi connectivity index (χ4v) is 2.64. The number of rotatable bonds is 6. The van der Waals surface area contributed by atoms with Crippen LogP contribution in [0.1, 0.15) is 18.4 Å². The van der Waals surface area contributed by atoms with Crippen LogP contribution in [0.2, 0.25) is 0 Å². The molecule has 3 rings (SSSR count). The average molecular weight is 324 g/mol.